The highest BCUT2D eigenvalue weighted by Gasteiger charge is 2.09. The van der Waals surface area contributed by atoms with Crippen LogP contribution in [-0.2, 0) is 9.84 Å². The highest BCUT2D eigenvalue weighted by Crippen LogP contribution is 2.21. The molecule has 0 aliphatic heterocycles. The monoisotopic (exact) mass is 237 g/mol. The molecule has 0 amide bonds. The molecule has 6 heteroatoms. The van der Waals surface area contributed by atoms with Crippen molar-refractivity contribution in [1.82, 2.24) is 10.2 Å². The fraction of sp³-hybridized carbons (Fsp3) is 0.100. The number of benzene rings is 1. The molecule has 0 spiro atoms. The van der Waals surface area contributed by atoms with Gasteiger partial charge in [0.05, 0.1) is 10.6 Å². The third kappa shape index (κ3) is 2.06. The zero-order valence-electron chi connectivity index (χ0n) is 8.64. The first-order chi connectivity index (χ1) is 7.47. The molecule has 1 heterocycles. The van der Waals surface area contributed by atoms with Crippen molar-refractivity contribution in [2.45, 2.75) is 4.90 Å². The minimum atomic E-state index is -3.19. The van der Waals surface area contributed by atoms with Gasteiger partial charge in [-0.3, -0.25) is 5.10 Å². The van der Waals surface area contributed by atoms with Crippen LogP contribution in [0.1, 0.15) is 0 Å². The molecule has 0 fully saturated rings. The van der Waals surface area contributed by atoms with E-state index >= 15 is 0 Å². The van der Waals surface area contributed by atoms with Crippen LogP contribution in [0.2, 0.25) is 0 Å². The van der Waals surface area contributed by atoms with Crippen molar-refractivity contribution in [3.63, 3.8) is 0 Å². The van der Waals surface area contributed by atoms with Crippen molar-refractivity contribution in [2.75, 3.05) is 12.0 Å². The van der Waals surface area contributed by atoms with E-state index in [4.69, 9.17) is 5.73 Å². The molecule has 0 aliphatic rings. The quantitative estimate of drug-likeness (QED) is 0.817. The molecule has 0 unspecified atom stereocenters. The third-order valence-corrected chi connectivity index (χ3v) is 3.28. The van der Waals surface area contributed by atoms with E-state index in [0.29, 0.717) is 11.5 Å². The van der Waals surface area contributed by atoms with E-state index in [1.807, 2.05) is 0 Å². The summed E-state index contributed by atoms with van der Waals surface area (Å²) >= 11 is 0. The molecule has 2 aromatic rings. The van der Waals surface area contributed by atoms with E-state index in [-0.39, 0.29) is 4.90 Å². The maximum Gasteiger partial charge on any atom is 0.175 e. The molecular formula is C10H11N3O2S. The Hall–Kier alpha value is -1.82. The number of H-pyrrole nitrogens is 1. The highest BCUT2D eigenvalue weighted by atomic mass is 32.2. The number of sulfone groups is 1. The summed E-state index contributed by atoms with van der Waals surface area (Å²) in [6, 6.07) is 8.27. The zero-order valence-corrected chi connectivity index (χ0v) is 9.45. The number of anilines is 1. The fourth-order valence-electron chi connectivity index (χ4n) is 1.38. The van der Waals surface area contributed by atoms with Gasteiger partial charge in [0.25, 0.3) is 0 Å². The normalized spacial score (nSPS) is 11.6. The van der Waals surface area contributed by atoms with E-state index in [9.17, 15) is 8.42 Å². The topological polar surface area (TPSA) is 88.8 Å². The Kier molecular flexibility index (Phi) is 2.43. The van der Waals surface area contributed by atoms with Crippen molar-refractivity contribution in [3.05, 3.63) is 30.3 Å². The summed E-state index contributed by atoms with van der Waals surface area (Å²) in [5, 5.41) is 6.52. The van der Waals surface area contributed by atoms with E-state index in [1.165, 1.54) is 6.26 Å². The summed E-state index contributed by atoms with van der Waals surface area (Å²) in [5.41, 5.74) is 6.92. The smallest absolute Gasteiger partial charge is 0.175 e. The molecule has 3 N–H and O–H groups in total. The molecule has 1 aromatic heterocycles. The van der Waals surface area contributed by atoms with Gasteiger partial charge in [-0.05, 0) is 12.1 Å². The molecule has 0 saturated heterocycles. The maximum absolute atomic E-state index is 11.4. The van der Waals surface area contributed by atoms with Gasteiger partial charge < -0.3 is 5.73 Å². The molecule has 0 aliphatic carbocycles. The van der Waals surface area contributed by atoms with Gasteiger partial charge in [-0.1, -0.05) is 12.1 Å². The van der Waals surface area contributed by atoms with E-state index in [1.54, 1.807) is 30.3 Å². The first kappa shape index (κ1) is 10.7. The predicted octanol–water partition coefficient (Wildman–Crippen LogP) is 1.06. The number of hydrogen-bond acceptors (Lipinski definition) is 4. The van der Waals surface area contributed by atoms with Crippen LogP contribution in [0.5, 0.6) is 0 Å². The second kappa shape index (κ2) is 3.64. The number of aromatic nitrogens is 2. The average molecular weight is 237 g/mol. The largest absolute Gasteiger partial charge is 0.382 e. The van der Waals surface area contributed by atoms with Crippen LogP contribution in [-0.4, -0.2) is 24.9 Å². The molecule has 2 rings (SSSR count). The summed E-state index contributed by atoms with van der Waals surface area (Å²) in [5.74, 6) is 0.375. The van der Waals surface area contributed by atoms with Gasteiger partial charge in [-0.25, -0.2) is 8.42 Å². The van der Waals surface area contributed by atoms with Crippen LogP contribution >= 0.6 is 0 Å². The van der Waals surface area contributed by atoms with Crippen molar-refractivity contribution in [2.24, 2.45) is 0 Å². The van der Waals surface area contributed by atoms with Gasteiger partial charge >= 0.3 is 0 Å². The van der Waals surface area contributed by atoms with Crippen molar-refractivity contribution in [1.29, 1.82) is 0 Å². The van der Waals surface area contributed by atoms with Crippen molar-refractivity contribution >= 4 is 15.7 Å². The lowest BCUT2D eigenvalue weighted by molar-refractivity contribution is 0.602. The zero-order chi connectivity index (χ0) is 11.8. The van der Waals surface area contributed by atoms with Crippen LogP contribution in [0, 0.1) is 0 Å². The molecule has 0 saturated carbocycles. The lowest BCUT2D eigenvalue weighted by atomic mass is 10.1. The minimum Gasteiger partial charge on any atom is -0.382 e. The Morgan fingerprint density at radius 1 is 1.31 bits per heavy atom. The number of nitrogens with zero attached hydrogens (tertiary/aromatic N) is 1. The van der Waals surface area contributed by atoms with E-state index < -0.39 is 9.84 Å². The van der Waals surface area contributed by atoms with Crippen molar-refractivity contribution in [3.8, 4) is 11.3 Å². The number of aromatic amines is 1. The van der Waals surface area contributed by atoms with Crippen LogP contribution in [0.3, 0.4) is 0 Å². The SMILES string of the molecule is CS(=O)(=O)c1cccc(-c2cc(N)n[nH]2)c1. The Labute approximate surface area is 93.2 Å². The van der Waals surface area contributed by atoms with Crippen LogP contribution in [0.25, 0.3) is 11.3 Å². The minimum absolute atomic E-state index is 0.276. The summed E-state index contributed by atoms with van der Waals surface area (Å²) in [6.45, 7) is 0. The summed E-state index contributed by atoms with van der Waals surface area (Å²) in [4.78, 5) is 0.276. The number of hydrogen-bond donors (Lipinski definition) is 2. The average Bonchev–Trinajstić information content (AvgIpc) is 2.64. The first-order valence-corrected chi connectivity index (χ1v) is 6.47. The molecule has 84 valence electrons. The molecule has 0 radical (unpaired) electrons. The van der Waals surface area contributed by atoms with Gasteiger partial charge in [-0.2, -0.15) is 5.10 Å². The molecule has 0 atom stereocenters. The number of nitrogen functional groups attached to an aromatic ring is 1. The third-order valence-electron chi connectivity index (χ3n) is 2.17. The van der Waals surface area contributed by atoms with E-state index in [2.05, 4.69) is 10.2 Å². The maximum atomic E-state index is 11.4. The van der Waals surface area contributed by atoms with Gasteiger partial charge in [0, 0.05) is 17.9 Å². The van der Waals surface area contributed by atoms with Gasteiger partial charge in [0.2, 0.25) is 0 Å². The van der Waals surface area contributed by atoms with Gasteiger partial charge in [-0.15, -0.1) is 0 Å². The molecule has 1 aromatic carbocycles. The number of nitrogens with one attached hydrogen (secondary N) is 1. The lowest BCUT2D eigenvalue weighted by Crippen LogP contribution is -1.96. The highest BCUT2D eigenvalue weighted by molar-refractivity contribution is 7.90. The Morgan fingerprint density at radius 3 is 2.62 bits per heavy atom. The number of rotatable bonds is 2. The van der Waals surface area contributed by atoms with Gasteiger partial charge in [0.15, 0.2) is 9.84 Å². The van der Waals surface area contributed by atoms with E-state index in [0.717, 1.165) is 5.56 Å². The standard InChI is InChI=1S/C10H11N3O2S/c1-16(14,15)8-4-2-3-7(5-8)9-6-10(11)13-12-9/h2-6H,1H3,(H3,11,12,13). The molecule has 0 bridgehead atoms. The second-order valence-electron chi connectivity index (χ2n) is 3.51. The second-order valence-corrected chi connectivity index (χ2v) is 5.52. The molecule has 16 heavy (non-hydrogen) atoms. The van der Waals surface area contributed by atoms with Crippen molar-refractivity contribution < 1.29 is 8.42 Å². The van der Waals surface area contributed by atoms with Crippen LogP contribution in [0.15, 0.2) is 35.2 Å². The van der Waals surface area contributed by atoms with Crippen LogP contribution < -0.4 is 5.73 Å². The summed E-state index contributed by atoms with van der Waals surface area (Å²) < 4.78 is 22.7. The lowest BCUT2D eigenvalue weighted by Gasteiger charge is -2.01. The van der Waals surface area contributed by atoms with Crippen LogP contribution in [0.4, 0.5) is 5.82 Å². The molecule has 5 nitrogen and oxygen atoms in total. The Balaban J connectivity index is 2.52. The Bertz CT molecular complexity index is 616. The fourth-order valence-corrected chi connectivity index (χ4v) is 2.05. The Morgan fingerprint density at radius 2 is 2.06 bits per heavy atom. The summed E-state index contributed by atoms with van der Waals surface area (Å²) in [6.07, 6.45) is 1.17. The number of nitrogens with two attached hydrogens (primary N) is 1. The van der Waals surface area contributed by atoms with Gasteiger partial charge in [0.1, 0.15) is 5.82 Å². The molecular weight excluding hydrogens is 226 g/mol. The summed E-state index contributed by atoms with van der Waals surface area (Å²) in [7, 11) is -3.19. The predicted molar refractivity (Wildman–Crippen MR) is 61.5 cm³/mol. The first-order valence-electron chi connectivity index (χ1n) is 4.58.